The number of carbonyl (C=O) groups is 1. The Morgan fingerprint density at radius 1 is 1.26 bits per heavy atom. The predicted octanol–water partition coefficient (Wildman–Crippen LogP) is 2.63. The lowest BCUT2D eigenvalue weighted by atomic mass is 10.1. The zero-order chi connectivity index (χ0) is 16.2. The summed E-state index contributed by atoms with van der Waals surface area (Å²) in [7, 11) is 0. The highest BCUT2D eigenvalue weighted by Gasteiger charge is 2.30. The van der Waals surface area contributed by atoms with Gasteiger partial charge < -0.3 is 14.1 Å². The van der Waals surface area contributed by atoms with Crippen LogP contribution in [0.25, 0.3) is 0 Å². The fraction of sp³-hybridized carbons (Fsp3) is 0.471. The highest BCUT2D eigenvalue weighted by molar-refractivity contribution is 5.84. The molecule has 6 heteroatoms. The summed E-state index contributed by atoms with van der Waals surface area (Å²) in [5.41, 5.74) is 2.73. The topological polar surface area (TPSA) is 68.5 Å². The van der Waals surface area contributed by atoms with Crippen LogP contribution in [0.5, 0.6) is 0 Å². The fourth-order valence-electron chi connectivity index (χ4n) is 3.04. The molecule has 2 aromatic rings. The van der Waals surface area contributed by atoms with Crippen LogP contribution in [0, 0.1) is 0 Å². The smallest absolute Gasteiger partial charge is 0.396 e. The van der Waals surface area contributed by atoms with Gasteiger partial charge >= 0.3 is 17.9 Å². The molecule has 1 aliphatic rings. The van der Waals surface area contributed by atoms with Gasteiger partial charge in [0.25, 0.3) is 0 Å². The number of carbonyl (C=O) groups excluding carboxylic acids is 1. The van der Waals surface area contributed by atoms with E-state index >= 15 is 0 Å². The Kier molecular flexibility index (Phi) is 4.60. The second-order valence-corrected chi connectivity index (χ2v) is 5.63. The minimum atomic E-state index is -0.572. The summed E-state index contributed by atoms with van der Waals surface area (Å²) in [6.45, 7) is 4.95. The number of esters is 1. The molecule has 0 atom stereocenters. The third kappa shape index (κ3) is 3.21. The highest BCUT2D eigenvalue weighted by Crippen LogP contribution is 2.28. The van der Waals surface area contributed by atoms with Crippen LogP contribution < -0.4 is 4.90 Å². The average molecular weight is 315 g/mol. The normalized spacial score (nSPS) is 13.8. The van der Waals surface area contributed by atoms with Gasteiger partial charge in [-0.05, 0) is 37.3 Å². The molecule has 0 amide bonds. The summed E-state index contributed by atoms with van der Waals surface area (Å²) < 4.78 is 10.5. The number of aromatic nitrogens is 2. The van der Waals surface area contributed by atoms with E-state index in [2.05, 4.69) is 46.3 Å². The van der Waals surface area contributed by atoms with E-state index in [0.717, 1.165) is 25.8 Å². The summed E-state index contributed by atoms with van der Waals surface area (Å²) in [6.07, 6.45) is 2.87. The van der Waals surface area contributed by atoms with Crippen molar-refractivity contribution in [3.63, 3.8) is 0 Å². The maximum absolute atomic E-state index is 11.7. The van der Waals surface area contributed by atoms with Gasteiger partial charge in [-0.1, -0.05) is 41.4 Å². The second-order valence-electron chi connectivity index (χ2n) is 5.63. The van der Waals surface area contributed by atoms with Gasteiger partial charge in [0.15, 0.2) is 0 Å². The molecule has 1 heterocycles. The number of hydrogen-bond donors (Lipinski definition) is 0. The standard InChI is InChI=1S/C17H21N3O3/c1-3-9-20(14-10-12-7-5-6-8-13(12)11-14)17-19-18-15(23-17)16(21)22-4-2/h5-8,14H,3-4,9-11H2,1-2H3. The number of fused-ring (bicyclic) bond motifs is 1. The third-order valence-electron chi connectivity index (χ3n) is 4.04. The van der Waals surface area contributed by atoms with Gasteiger partial charge in [0, 0.05) is 12.6 Å². The van der Waals surface area contributed by atoms with E-state index in [1.807, 2.05) is 0 Å². The fourth-order valence-corrected chi connectivity index (χ4v) is 3.04. The van der Waals surface area contributed by atoms with Crippen molar-refractivity contribution in [2.24, 2.45) is 0 Å². The van der Waals surface area contributed by atoms with E-state index in [4.69, 9.17) is 9.15 Å². The quantitative estimate of drug-likeness (QED) is 0.763. The Hall–Kier alpha value is -2.37. The first-order valence-electron chi connectivity index (χ1n) is 8.07. The first-order valence-corrected chi connectivity index (χ1v) is 8.07. The molecule has 0 N–H and O–H groups in total. The first kappa shape index (κ1) is 15.5. The molecule has 0 saturated carbocycles. The molecule has 3 rings (SSSR count). The van der Waals surface area contributed by atoms with E-state index in [9.17, 15) is 4.79 Å². The first-order chi connectivity index (χ1) is 11.2. The highest BCUT2D eigenvalue weighted by atomic mass is 16.5. The molecular formula is C17H21N3O3. The largest absolute Gasteiger partial charge is 0.459 e. The van der Waals surface area contributed by atoms with Gasteiger partial charge in [-0.2, -0.15) is 0 Å². The van der Waals surface area contributed by atoms with Crippen LogP contribution in [0.15, 0.2) is 28.7 Å². The third-order valence-corrected chi connectivity index (χ3v) is 4.04. The van der Waals surface area contributed by atoms with Crippen LogP contribution >= 0.6 is 0 Å². The summed E-state index contributed by atoms with van der Waals surface area (Å²) in [4.78, 5) is 13.8. The minimum Gasteiger partial charge on any atom is -0.459 e. The van der Waals surface area contributed by atoms with E-state index in [1.54, 1.807) is 6.92 Å². The zero-order valence-electron chi connectivity index (χ0n) is 13.5. The van der Waals surface area contributed by atoms with Gasteiger partial charge in [-0.25, -0.2) is 4.79 Å². The van der Waals surface area contributed by atoms with Gasteiger partial charge in [0.2, 0.25) is 0 Å². The molecule has 1 aromatic heterocycles. The number of rotatable bonds is 6. The minimum absolute atomic E-state index is 0.0848. The number of ether oxygens (including phenoxy) is 1. The molecular weight excluding hydrogens is 294 g/mol. The number of nitrogens with zero attached hydrogens (tertiary/aromatic N) is 3. The van der Waals surface area contributed by atoms with E-state index in [1.165, 1.54) is 11.1 Å². The lowest BCUT2D eigenvalue weighted by Gasteiger charge is -2.26. The molecule has 0 aliphatic heterocycles. The molecule has 1 aliphatic carbocycles. The van der Waals surface area contributed by atoms with Crippen LogP contribution in [0.2, 0.25) is 0 Å². The van der Waals surface area contributed by atoms with Crippen molar-refractivity contribution in [1.82, 2.24) is 10.2 Å². The maximum Gasteiger partial charge on any atom is 0.396 e. The molecule has 6 nitrogen and oxygen atoms in total. The van der Waals surface area contributed by atoms with Crippen LogP contribution in [-0.4, -0.2) is 35.4 Å². The zero-order valence-corrected chi connectivity index (χ0v) is 13.5. The van der Waals surface area contributed by atoms with Gasteiger partial charge in [-0.15, -0.1) is 0 Å². The van der Waals surface area contributed by atoms with Crippen molar-refractivity contribution < 1.29 is 13.9 Å². The predicted molar refractivity (Wildman–Crippen MR) is 85.5 cm³/mol. The molecule has 0 spiro atoms. The Morgan fingerprint density at radius 2 is 1.96 bits per heavy atom. The summed E-state index contributed by atoms with van der Waals surface area (Å²) in [5, 5.41) is 7.88. The number of hydrogen-bond acceptors (Lipinski definition) is 6. The van der Waals surface area contributed by atoms with Gasteiger partial charge in [-0.3, -0.25) is 0 Å². The molecule has 0 fully saturated rings. The Labute approximate surface area is 135 Å². The Bertz CT molecular complexity index is 658. The van der Waals surface area contributed by atoms with Crippen molar-refractivity contribution >= 4 is 12.0 Å². The van der Waals surface area contributed by atoms with Crippen LogP contribution in [0.1, 0.15) is 42.1 Å². The average Bonchev–Trinajstić information content (AvgIpc) is 3.19. The molecule has 0 saturated heterocycles. The summed E-state index contributed by atoms with van der Waals surface area (Å²) in [5.74, 6) is -0.657. The molecule has 0 radical (unpaired) electrons. The lowest BCUT2D eigenvalue weighted by molar-refractivity contribution is 0.0481. The van der Waals surface area contributed by atoms with Crippen molar-refractivity contribution in [2.45, 2.75) is 39.2 Å². The molecule has 23 heavy (non-hydrogen) atoms. The van der Waals surface area contributed by atoms with Crippen LogP contribution in [0.3, 0.4) is 0 Å². The van der Waals surface area contributed by atoms with Crippen molar-refractivity contribution in [3.05, 3.63) is 41.3 Å². The van der Waals surface area contributed by atoms with Crippen molar-refractivity contribution in [1.29, 1.82) is 0 Å². The van der Waals surface area contributed by atoms with Crippen molar-refractivity contribution in [2.75, 3.05) is 18.1 Å². The monoisotopic (exact) mass is 315 g/mol. The number of anilines is 1. The van der Waals surface area contributed by atoms with Crippen LogP contribution in [0.4, 0.5) is 6.01 Å². The second kappa shape index (κ2) is 6.81. The van der Waals surface area contributed by atoms with Gasteiger partial charge in [0.05, 0.1) is 6.61 Å². The summed E-state index contributed by atoms with van der Waals surface area (Å²) >= 11 is 0. The van der Waals surface area contributed by atoms with E-state index in [0.29, 0.717) is 6.01 Å². The Balaban J connectivity index is 1.79. The number of benzene rings is 1. The SMILES string of the molecule is CCCN(c1nnc(C(=O)OCC)o1)C1Cc2ccccc2C1. The Morgan fingerprint density at radius 3 is 2.57 bits per heavy atom. The van der Waals surface area contributed by atoms with Gasteiger partial charge in [0.1, 0.15) is 0 Å². The molecule has 0 unspecified atom stereocenters. The summed E-state index contributed by atoms with van der Waals surface area (Å²) in [6, 6.07) is 9.14. The van der Waals surface area contributed by atoms with E-state index < -0.39 is 5.97 Å². The lowest BCUT2D eigenvalue weighted by Crippen LogP contribution is -2.37. The molecule has 1 aromatic carbocycles. The molecule has 0 bridgehead atoms. The molecule has 122 valence electrons. The van der Waals surface area contributed by atoms with E-state index in [-0.39, 0.29) is 18.5 Å². The van der Waals surface area contributed by atoms with Crippen LogP contribution in [-0.2, 0) is 17.6 Å². The maximum atomic E-state index is 11.7. The van der Waals surface area contributed by atoms with Crippen molar-refractivity contribution in [3.8, 4) is 0 Å².